The maximum absolute atomic E-state index is 11.8. The van der Waals surface area contributed by atoms with Gasteiger partial charge in [-0.1, -0.05) is 0 Å². The molecule has 0 spiro atoms. The predicted octanol–water partition coefficient (Wildman–Crippen LogP) is 1.14. The summed E-state index contributed by atoms with van der Waals surface area (Å²) in [6, 6.07) is 0. The third-order valence-corrected chi connectivity index (χ3v) is 2.71. The topological polar surface area (TPSA) is 60.2 Å². The highest BCUT2D eigenvalue weighted by Gasteiger charge is 2.26. The highest BCUT2D eigenvalue weighted by atomic mass is 16.1. The van der Waals surface area contributed by atoms with Crippen LogP contribution in [0.5, 0.6) is 0 Å². The van der Waals surface area contributed by atoms with Crippen molar-refractivity contribution in [2.75, 3.05) is 6.54 Å². The highest BCUT2D eigenvalue weighted by molar-refractivity contribution is 6.24. The molecule has 14 heavy (non-hydrogen) atoms. The largest absolute Gasteiger partial charge is 0.330 e. The summed E-state index contributed by atoms with van der Waals surface area (Å²) >= 11 is 0. The number of ketones is 2. The van der Waals surface area contributed by atoms with E-state index in [1.165, 1.54) is 0 Å². The predicted molar refractivity (Wildman–Crippen MR) is 54.8 cm³/mol. The number of hydrogen-bond acceptors (Lipinski definition) is 3. The van der Waals surface area contributed by atoms with E-state index >= 15 is 0 Å². The lowest BCUT2D eigenvalue weighted by molar-refractivity contribution is -0.116. The quantitative estimate of drug-likeness (QED) is 0.669. The molecule has 1 aliphatic rings. The monoisotopic (exact) mass is 193 g/mol. The van der Waals surface area contributed by atoms with Gasteiger partial charge in [-0.05, 0) is 33.7 Å². The Morgan fingerprint density at radius 3 is 1.93 bits per heavy atom. The van der Waals surface area contributed by atoms with Crippen LogP contribution in [0.15, 0.2) is 22.3 Å². The van der Waals surface area contributed by atoms with Gasteiger partial charge >= 0.3 is 0 Å². The van der Waals surface area contributed by atoms with E-state index in [0.29, 0.717) is 35.3 Å². The lowest BCUT2D eigenvalue weighted by atomic mass is 9.85. The van der Waals surface area contributed by atoms with Crippen molar-refractivity contribution in [3.8, 4) is 0 Å². The van der Waals surface area contributed by atoms with Crippen molar-refractivity contribution in [1.29, 1.82) is 0 Å². The molecule has 0 amide bonds. The standard InChI is InChI=1S/C11H15NO2/c1-6-7(2)11(14)9(4-5-12)8(3)10(6)13/h4-5,12H2,1-3H3. The summed E-state index contributed by atoms with van der Waals surface area (Å²) in [5.74, 6) is -0.0457. The fraction of sp³-hybridized carbons (Fsp3) is 0.455. The molecular weight excluding hydrogens is 178 g/mol. The summed E-state index contributed by atoms with van der Waals surface area (Å²) in [4.78, 5) is 23.4. The molecule has 0 radical (unpaired) electrons. The normalized spacial score (nSPS) is 18.3. The zero-order valence-corrected chi connectivity index (χ0v) is 8.81. The Labute approximate surface area is 83.7 Å². The van der Waals surface area contributed by atoms with Crippen LogP contribution in [0.1, 0.15) is 27.2 Å². The van der Waals surface area contributed by atoms with Crippen molar-refractivity contribution >= 4 is 11.6 Å². The summed E-state index contributed by atoms with van der Waals surface area (Å²) in [6.07, 6.45) is 0.487. The molecule has 2 N–H and O–H groups in total. The van der Waals surface area contributed by atoms with Crippen LogP contribution in [0.25, 0.3) is 0 Å². The van der Waals surface area contributed by atoms with Crippen LogP contribution in [-0.4, -0.2) is 18.1 Å². The van der Waals surface area contributed by atoms with Gasteiger partial charge in [0, 0.05) is 22.3 Å². The molecule has 1 aliphatic carbocycles. The van der Waals surface area contributed by atoms with Gasteiger partial charge in [-0.15, -0.1) is 0 Å². The number of carbonyl (C=O) groups is 2. The summed E-state index contributed by atoms with van der Waals surface area (Å²) in [5, 5.41) is 0. The molecule has 0 atom stereocenters. The molecule has 0 aromatic rings. The number of nitrogens with two attached hydrogens (primary N) is 1. The Bertz CT molecular complexity index is 361. The highest BCUT2D eigenvalue weighted by Crippen LogP contribution is 2.25. The molecule has 0 heterocycles. The minimum Gasteiger partial charge on any atom is -0.330 e. The molecule has 0 saturated carbocycles. The van der Waals surface area contributed by atoms with Gasteiger partial charge < -0.3 is 5.73 Å². The lowest BCUT2D eigenvalue weighted by Gasteiger charge is -2.17. The first-order valence-corrected chi connectivity index (χ1v) is 4.67. The molecular formula is C11H15NO2. The van der Waals surface area contributed by atoms with E-state index in [-0.39, 0.29) is 11.6 Å². The molecule has 0 aromatic heterocycles. The van der Waals surface area contributed by atoms with Crippen LogP contribution in [0.3, 0.4) is 0 Å². The second kappa shape index (κ2) is 3.88. The van der Waals surface area contributed by atoms with Gasteiger partial charge in [0.15, 0.2) is 11.6 Å². The summed E-state index contributed by atoms with van der Waals surface area (Å²) in [6.45, 7) is 5.48. The van der Waals surface area contributed by atoms with Gasteiger partial charge in [-0.3, -0.25) is 9.59 Å². The summed E-state index contributed by atoms with van der Waals surface area (Å²) in [7, 11) is 0. The average molecular weight is 193 g/mol. The number of hydrogen-bond donors (Lipinski definition) is 1. The molecule has 3 heteroatoms. The first-order valence-electron chi connectivity index (χ1n) is 4.67. The molecule has 0 aromatic carbocycles. The first kappa shape index (κ1) is 10.9. The van der Waals surface area contributed by atoms with Crippen molar-refractivity contribution in [2.24, 2.45) is 5.73 Å². The maximum Gasteiger partial charge on any atom is 0.185 e. The van der Waals surface area contributed by atoms with Gasteiger partial charge in [-0.2, -0.15) is 0 Å². The van der Waals surface area contributed by atoms with Crippen LogP contribution in [0.2, 0.25) is 0 Å². The Morgan fingerprint density at radius 2 is 1.43 bits per heavy atom. The van der Waals surface area contributed by atoms with E-state index in [2.05, 4.69) is 0 Å². The van der Waals surface area contributed by atoms with Crippen molar-refractivity contribution in [1.82, 2.24) is 0 Å². The van der Waals surface area contributed by atoms with Crippen molar-refractivity contribution in [3.63, 3.8) is 0 Å². The summed E-state index contributed by atoms with van der Waals surface area (Å²) < 4.78 is 0. The van der Waals surface area contributed by atoms with Gasteiger partial charge in [0.1, 0.15) is 0 Å². The molecule has 3 nitrogen and oxygen atoms in total. The minimum absolute atomic E-state index is 0.0226. The third-order valence-electron chi connectivity index (χ3n) is 2.71. The minimum atomic E-state index is -0.0231. The molecule has 0 fully saturated rings. The molecule has 1 rings (SSSR count). The van der Waals surface area contributed by atoms with E-state index in [4.69, 9.17) is 5.73 Å². The van der Waals surface area contributed by atoms with Crippen LogP contribution in [0.4, 0.5) is 0 Å². The number of Topliss-reactive ketones (excluding diaryl/α,β-unsaturated/α-hetero) is 2. The Hall–Kier alpha value is -1.22. The van der Waals surface area contributed by atoms with E-state index < -0.39 is 0 Å². The second-order valence-electron chi connectivity index (χ2n) is 3.55. The third kappa shape index (κ3) is 1.55. The fourth-order valence-electron chi connectivity index (χ4n) is 1.60. The van der Waals surface area contributed by atoms with E-state index in [9.17, 15) is 9.59 Å². The van der Waals surface area contributed by atoms with E-state index in [0.717, 1.165) is 0 Å². The lowest BCUT2D eigenvalue weighted by Crippen LogP contribution is -2.22. The SMILES string of the molecule is CC1=C(C)C(=O)C(CCN)=C(C)C1=O. The molecule has 0 bridgehead atoms. The van der Waals surface area contributed by atoms with Gasteiger partial charge in [0.25, 0.3) is 0 Å². The molecule has 76 valence electrons. The molecule has 0 unspecified atom stereocenters. The van der Waals surface area contributed by atoms with Crippen molar-refractivity contribution < 1.29 is 9.59 Å². The van der Waals surface area contributed by atoms with Crippen LogP contribution in [0, 0.1) is 0 Å². The van der Waals surface area contributed by atoms with Gasteiger partial charge in [0.2, 0.25) is 0 Å². The Morgan fingerprint density at radius 1 is 0.929 bits per heavy atom. The fourth-order valence-corrected chi connectivity index (χ4v) is 1.60. The Kier molecular flexibility index (Phi) is 3.01. The van der Waals surface area contributed by atoms with Crippen LogP contribution in [-0.2, 0) is 9.59 Å². The van der Waals surface area contributed by atoms with E-state index in [1.807, 2.05) is 0 Å². The van der Waals surface area contributed by atoms with Gasteiger partial charge in [0.05, 0.1) is 0 Å². The number of allylic oxidation sites excluding steroid dienone is 3. The number of rotatable bonds is 2. The molecule has 0 saturated heterocycles. The van der Waals surface area contributed by atoms with E-state index in [1.54, 1.807) is 20.8 Å². The zero-order valence-electron chi connectivity index (χ0n) is 8.81. The first-order chi connectivity index (χ1) is 6.50. The van der Waals surface area contributed by atoms with Crippen LogP contribution < -0.4 is 5.73 Å². The van der Waals surface area contributed by atoms with Crippen LogP contribution >= 0.6 is 0 Å². The van der Waals surface area contributed by atoms with Gasteiger partial charge in [-0.25, -0.2) is 0 Å². The number of carbonyl (C=O) groups excluding carboxylic acids is 2. The zero-order chi connectivity index (χ0) is 10.9. The van der Waals surface area contributed by atoms with Crippen molar-refractivity contribution in [2.45, 2.75) is 27.2 Å². The summed E-state index contributed by atoms with van der Waals surface area (Å²) in [5.41, 5.74) is 7.66. The smallest absolute Gasteiger partial charge is 0.185 e. The second-order valence-corrected chi connectivity index (χ2v) is 3.55. The maximum atomic E-state index is 11.8. The van der Waals surface area contributed by atoms with Crippen molar-refractivity contribution in [3.05, 3.63) is 22.3 Å². The average Bonchev–Trinajstić information content (AvgIpc) is 2.19. The molecule has 0 aliphatic heterocycles. The Balaban J connectivity index is 3.19.